The first-order valence-corrected chi connectivity index (χ1v) is 11.6. The fourth-order valence-electron chi connectivity index (χ4n) is 3.38. The molecule has 4 N–H and O–H groups in total. The first-order chi connectivity index (χ1) is 15.4. The Balaban J connectivity index is 1.74. The monoisotopic (exact) mass is 509 g/mol. The second-order valence-corrected chi connectivity index (χ2v) is 9.61. The maximum Gasteiger partial charge on any atom is 0.405 e. The minimum atomic E-state index is -4.73. The van der Waals surface area contributed by atoms with Gasteiger partial charge in [0.2, 0.25) is 5.91 Å². The lowest BCUT2D eigenvalue weighted by Crippen LogP contribution is -2.37. The Hall–Kier alpha value is -2.93. The van der Waals surface area contributed by atoms with Gasteiger partial charge in [0, 0.05) is 0 Å². The van der Waals surface area contributed by atoms with E-state index in [1.807, 2.05) is 0 Å². The van der Waals surface area contributed by atoms with Crippen molar-refractivity contribution in [2.45, 2.75) is 36.4 Å². The van der Waals surface area contributed by atoms with Crippen LogP contribution in [0.4, 0.5) is 23.7 Å². The van der Waals surface area contributed by atoms with Crippen LogP contribution in [0.5, 0.6) is 5.75 Å². The molecular weight excluding hydrogens is 491 g/mol. The number of phenolic OH excluding ortho intramolecular Hbond substituents is 1. The van der Waals surface area contributed by atoms with Crippen molar-refractivity contribution in [3.05, 3.63) is 40.8 Å². The average molecular weight is 510 g/mol. The number of hydrogen-bond donors (Lipinski definition) is 4. The molecule has 1 aliphatic carbocycles. The third-order valence-corrected chi connectivity index (χ3v) is 6.90. The molecule has 2 aromatic rings. The van der Waals surface area contributed by atoms with Crippen LogP contribution in [-0.2, 0) is 21.1 Å². The lowest BCUT2D eigenvalue weighted by Gasteiger charge is -2.22. The van der Waals surface area contributed by atoms with E-state index in [4.69, 9.17) is 16.0 Å². The highest BCUT2D eigenvalue weighted by Crippen LogP contribution is 2.38. The third-order valence-electron chi connectivity index (χ3n) is 4.79. The molecule has 0 spiro atoms. The van der Waals surface area contributed by atoms with Crippen molar-refractivity contribution in [1.29, 1.82) is 0 Å². The molecular formula is C19H19ClF3N3O6S. The summed E-state index contributed by atoms with van der Waals surface area (Å²) in [5.74, 6) is -3.19. The van der Waals surface area contributed by atoms with Crippen LogP contribution in [0.3, 0.4) is 0 Å². The summed E-state index contributed by atoms with van der Waals surface area (Å²) in [6, 6.07) is 2.79. The predicted molar refractivity (Wildman–Crippen MR) is 111 cm³/mol. The number of aromatic hydroxyl groups is 1. The van der Waals surface area contributed by atoms with E-state index < -0.39 is 62.0 Å². The van der Waals surface area contributed by atoms with Gasteiger partial charge in [-0.3, -0.25) is 4.79 Å². The number of furan rings is 1. The molecule has 9 nitrogen and oxygen atoms in total. The van der Waals surface area contributed by atoms with E-state index in [-0.39, 0.29) is 5.69 Å². The zero-order valence-electron chi connectivity index (χ0n) is 16.8. The van der Waals surface area contributed by atoms with Gasteiger partial charge in [-0.25, -0.2) is 13.2 Å². The van der Waals surface area contributed by atoms with Gasteiger partial charge in [-0.05, 0) is 43.0 Å². The molecule has 0 radical (unpaired) electrons. The van der Waals surface area contributed by atoms with Crippen LogP contribution >= 0.6 is 11.6 Å². The molecule has 0 saturated heterocycles. The Morgan fingerprint density at radius 2 is 1.97 bits per heavy atom. The number of hydrogen-bond acceptors (Lipinski definition) is 6. The van der Waals surface area contributed by atoms with Gasteiger partial charge in [0.15, 0.2) is 15.6 Å². The number of rotatable bonds is 6. The maximum absolute atomic E-state index is 12.5. The minimum Gasteiger partial charge on any atom is -0.504 e. The van der Waals surface area contributed by atoms with Crippen molar-refractivity contribution < 1.29 is 40.7 Å². The molecule has 3 amide bonds. The van der Waals surface area contributed by atoms with Crippen LogP contribution in [0.25, 0.3) is 0 Å². The summed E-state index contributed by atoms with van der Waals surface area (Å²) in [7, 11) is -4.65. The number of benzene rings is 1. The second kappa shape index (κ2) is 9.51. The summed E-state index contributed by atoms with van der Waals surface area (Å²) in [5, 5.41) is 16.3. The lowest BCUT2D eigenvalue weighted by atomic mass is 9.94. The molecule has 0 bridgehead atoms. The maximum atomic E-state index is 12.5. The molecule has 3 rings (SSSR count). The van der Waals surface area contributed by atoms with Crippen LogP contribution in [0.2, 0.25) is 5.02 Å². The van der Waals surface area contributed by atoms with Crippen molar-refractivity contribution >= 4 is 39.1 Å². The zero-order chi connectivity index (χ0) is 24.4. The van der Waals surface area contributed by atoms with Gasteiger partial charge < -0.3 is 25.5 Å². The van der Waals surface area contributed by atoms with Crippen LogP contribution in [0, 0.1) is 0 Å². The Kier molecular flexibility index (Phi) is 7.12. The predicted octanol–water partition coefficient (Wildman–Crippen LogP) is 3.29. The Morgan fingerprint density at radius 1 is 1.24 bits per heavy atom. The number of anilines is 1. The summed E-state index contributed by atoms with van der Waals surface area (Å²) in [4.78, 5) is 23.2. The summed E-state index contributed by atoms with van der Waals surface area (Å²) in [6.07, 6.45) is -1.00. The van der Waals surface area contributed by atoms with Crippen LogP contribution in [0.15, 0.2) is 33.8 Å². The topological polar surface area (TPSA) is 138 Å². The van der Waals surface area contributed by atoms with Crippen molar-refractivity contribution in [1.82, 2.24) is 10.6 Å². The highest BCUT2D eigenvalue weighted by atomic mass is 35.5. The van der Waals surface area contributed by atoms with Gasteiger partial charge in [0.1, 0.15) is 23.0 Å². The number of nitrogens with one attached hydrogen (secondary N) is 3. The molecule has 0 unspecified atom stereocenters. The second-order valence-electron chi connectivity index (χ2n) is 7.28. The molecule has 0 aliphatic heterocycles. The van der Waals surface area contributed by atoms with Crippen LogP contribution in [-0.4, -0.2) is 43.9 Å². The van der Waals surface area contributed by atoms with E-state index in [0.29, 0.717) is 12.2 Å². The van der Waals surface area contributed by atoms with E-state index in [2.05, 4.69) is 10.6 Å². The number of carbonyl (C=O) groups excluding carboxylic acids is 2. The number of amides is 3. The van der Waals surface area contributed by atoms with Crippen molar-refractivity contribution in [2.75, 3.05) is 17.6 Å². The standard InChI is InChI=1S/C19H19ClF3N3O6S/c20-11-4-5-12(25-18(29)26-13-3-1-2-10-6-7-32-16(10)13)15(28)17(11)33(30,31)8-14(27)24-9-19(21,22)23/h4-7,13,28H,1-3,8-9H2,(H,24,27)(H2,25,26,29)/t13-/m1/s1. The molecule has 180 valence electrons. The smallest absolute Gasteiger partial charge is 0.405 e. The van der Waals surface area contributed by atoms with E-state index in [9.17, 15) is 36.3 Å². The zero-order valence-corrected chi connectivity index (χ0v) is 18.4. The third kappa shape index (κ3) is 6.11. The number of fused-ring (bicyclic) bond motifs is 1. The molecule has 1 atom stereocenters. The SMILES string of the molecule is O=C(CS(=O)(=O)c1c(Cl)ccc(NC(=O)N[C@@H]2CCCc3ccoc32)c1O)NCC(F)(F)F. The van der Waals surface area contributed by atoms with E-state index in [1.165, 1.54) is 11.6 Å². The van der Waals surface area contributed by atoms with Crippen molar-refractivity contribution in [3.63, 3.8) is 0 Å². The van der Waals surface area contributed by atoms with E-state index in [1.54, 1.807) is 6.07 Å². The normalized spacial score (nSPS) is 16.1. The summed E-state index contributed by atoms with van der Waals surface area (Å²) in [5.41, 5.74) is 0.625. The number of urea groups is 1. The average Bonchev–Trinajstić information content (AvgIpc) is 3.17. The molecule has 1 aromatic heterocycles. The van der Waals surface area contributed by atoms with E-state index in [0.717, 1.165) is 30.5 Å². The molecule has 1 aliphatic rings. The highest BCUT2D eigenvalue weighted by Gasteiger charge is 2.32. The number of alkyl halides is 3. The molecule has 0 saturated carbocycles. The summed E-state index contributed by atoms with van der Waals surface area (Å²) < 4.78 is 67.2. The van der Waals surface area contributed by atoms with Gasteiger partial charge in [-0.1, -0.05) is 11.6 Å². The summed E-state index contributed by atoms with van der Waals surface area (Å²) >= 11 is 5.86. The first-order valence-electron chi connectivity index (χ1n) is 9.59. The van der Waals surface area contributed by atoms with E-state index >= 15 is 0 Å². The van der Waals surface area contributed by atoms with Crippen LogP contribution in [0.1, 0.15) is 30.2 Å². The van der Waals surface area contributed by atoms with Gasteiger partial charge in [-0.15, -0.1) is 0 Å². The number of halogens is 4. The van der Waals surface area contributed by atoms with Crippen molar-refractivity contribution in [2.24, 2.45) is 0 Å². The van der Waals surface area contributed by atoms with Crippen molar-refractivity contribution in [3.8, 4) is 5.75 Å². The number of phenols is 1. The number of sulfone groups is 1. The molecule has 0 fully saturated rings. The Bertz CT molecular complexity index is 1170. The Morgan fingerprint density at radius 3 is 2.67 bits per heavy atom. The molecule has 1 aromatic carbocycles. The fraction of sp³-hybridized carbons (Fsp3) is 0.368. The number of aryl methyl sites for hydroxylation is 1. The minimum absolute atomic E-state index is 0.332. The lowest BCUT2D eigenvalue weighted by molar-refractivity contribution is -0.137. The summed E-state index contributed by atoms with van der Waals surface area (Å²) in [6.45, 7) is -1.72. The number of carbonyl (C=O) groups is 2. The molecule has 33 heavy (non-hydrogen) atoms. The fourth-order valence-corrected chi connectivity index (χ4v) is 5.25. The molecule has 1 heterocycles. The Labute approximate surface area is 191 Å². The first kappa shape index (κ1) is 24.7. The molecule has 14 heteroatoms. The van der Waals surface area contributed by atoms with Gasteiger partial charge >= 0.3 is 12.2 Å². The van der Waals surface area contributed by atoms with Gasteiger partial charge in [0.25, 0.3) is 0 Å². The van der Waals surface area contributed by atoms with Gasteiger partial charge in [0.05, 0.1) is 23.0 Å². The van der Waals surface area contributed by atoms with Gasteiger partial charge in [-0.2, -0.15) is 13.2 Å². The highest BCUT2D eigenvalue weighted by molar-refractivity contribution is 7.92. The largest absolute Gasteiger partial charge is 0.504 e. The quantitative estimate of drug-likeness (QED) is 0.441. The van der Waals surface area contributed by atoms with Crippen LogP contribution < -0.4 is 16.0 Å².